The zero-order chi connectivity index (χ0) is 14.1. The molecule has 1 heterocycles. The molecule has 1 aromatic heterocycles. The Morgan fingerprint density at radius 1 is 1.00 bits per heavy atom. The topological polar surface area (TPSA) is 25.8 Å². The number of rotatable bonds is 2. The van der Waals surface area contributed by atoms with Gasteiger partial charge in [-0.05, 0) is 29.7 Å². The smallest absolute Gasteiger partial charge is 0.131 e. The zero-order valence-electron chi connectivity index (χ0n) is 11.5. The number of hydrogen-bond acceptors (Lipinski definition) is 2. The zero-order valence-corrected chi connectivity index (χ0v) is 11.5. The van der Waals surface area contributed by atoms with Crippen LogP contribution < -0.4 is 0 Å². The fraction of sp³-hybridized carbons (Fsp3) is 0.176. The summed E-state index contributed by atoms with van der Waals surface area (Å²) in [5.74, 6) is 0.101. The van der Waals surface area contributed by atoms with Crippen LogP contribution >= 0.6 is 0 Å². The maximum absolute atomic E-state index is 13.8. The van der Waals surface area contributed by atoms with Gasteiger partial charge in [-0.1, -0.05) is 38.1 Å². The summed E-state index contributed by atoms with van der Waals surface area (Å²) in [6.07, 6.45) is 1.80. The van der Waals surface area contributed by atoms with E-state index in [2.05, 4.69) is 23.8 Å². The van der Waals surface area contributed by atoms with Gasteiger partial charge in [0.05, 0.1) is 16.7 Å². The molecule has 0 aliphatic heterocycles. The number of halogens is 1. The van der Waals surface area contributed by atoms with E-state index in [0.29, 0.717) is 11.5 Å². The molecule has 0 saturated carbocycles. The second kappa shape index (κ2) is 5.00. The van der Waals surface area contributed by atoms with Crippen molar-refractivity contribution in [2.75, 3.05) is 0 Å². The predicted octanol–water partition coefficient (Wildman–Crippen LogP) is 4.56. The Morgan fingerprint density at radius 3 is 2.55 bits per heavy atom. The van der Waals surface area contributed by atoms with Crippen LogP contribution in [0.2, 0.25) is 0 Å². The van der Waals surface area contributed by atoms with E-state index < -0.39 is 0 Å². The first-order chi connectivity index (χ1) is 9.65. The molecule has 0 radical (unpaired) electrons. The number of benzene rings is 2. The quantitative estimate of drug-likeness (QED) is 0.679. The minimum Gasteiger partial charge on any atom is -0.253 e. The lowest BCUT2D eigenvalue weighted by Crippen LogP contribution is -1.95. The van der Waals surface area contributed by atoms with E-state index in [4.69, 9.17) is 0 Å². The molecule has 0 unspecified atom stereocenters. The van der Waals surface area contributed by atoms with E-state index in [1.54, 1.807) is 18.3 Å². The van der Waals surface area contributed by atoms with Gasteiger partial charge in [0, 0.05) is 11.8 Å². The fourth-order valence-corrected chi connectivity index (χ4v) is 2.17. The third-order valence-electron chi connectivity index (χ3n) is 3.34. The minimum absolute atomic E-state index is 0.222. The molecule has 3 rings (SSSR count). The van der Waals surface area contributed by atoms with Crippen molar-refractivity contribution < 1.29 is 4.39 Å². The maximum atomic E-state index is 13.8. The molecule has 0 fully saturated rings. The van der Waals surface area contributed by atoms with Crippen molar-refractivity contribution >= 4 is 11.0 Å². The standard InChI is InChI=1S/C17H15FN2/c1-11(2)17-10-19-15-8-7-12(9-16(15)20-17)13-5-3-4-6-14(13)18/h3-11H,1-2H3. The molecule has 0 aliphatic rings. The van der Waals surface area contributed by atoms with E-state index in [0.717, 1.165) is 22.3 Å². The number of aromatic nitrogens is 2. The molecule has 20 heavy (non-hydrogen) atoms. The third kappa shape index (κ3) is 2.27. The van der Waals surface area contributed by atoms with Crippen LogP contribution in [0.5, 0.6) is 0 Å². The number of hydrogen-bond donors (Lipinski definition) is 0. The van der Waals surface area contributed by atoms with Crippen molar-refractivity contribution in [1.82, 2.24) is 9.97 Å². The van der Waals surface area contributed by atoms with Crippen LogP contribution in [-0.4, -0.2) is 9.97 Å². The second-order valence-electron chi connectivity index (χ2n) is 5.13. The Kier molecular flexibility index (Phi) is 3.18. The fourth-order valence-electron chi connectivity index (χ4n) is 2.17. The minimum atomic E-state index is -0.222. The van der Waals surface area contributed by atoms with Crippen molar-refractivity contribution in [2.45, 2.75) is 19.8 Å². The van der Waals surface area contributed by atoms with Crippen molar-refractivity contribution in [1.29, 1.82) is 0 Å². The second-order valence-corrected chi connectivity index (χ2v) is 5.13. The Morgan fingerprint density at radius 2 is 1.80 bits per heavy atom. The molecule has 0 amide bonds. The summed E-state index contributed by atoms with van der Waals surface area (Å²) in [4.78, 5) is 9.01. The first-order valence-corrected chi connectivity index (χ1v) is 6.67. The summed E-state index contributed by atoms with van der Waals surface area (Å²) in [7, 11) is 0. The summed E-state index contributed by atoms with van der Waals surface area (Å²) >= 11 is 0. The summed E-state index contributed by atoms with van der Waals surface area (Å²) in [6.45, 7) is 4.16. The van der Waals surface area contributed by atoms with Gasteiger partial charge < -0.3 is 0 Å². The van der Waals surface area contributed by atoms with Gasteiger partial charge in [0.1, 0.15) is 5.82 Å². The van der Waals surface area contributed by atoms with Crippen LogP contribution in [-0.2, 0) is 0 Å². The van der Waals surface area contributed by atoms with Crippen LogP contribution in [0.4, 0.5) is 4.39 Å². The lowest BCUT2D eigenvalue weighted by molar-refractivity contribution is 0.631. The van der Waals surface area contributed by atoms with Crippen LogP contribution in [0.3, 0.4) is 0 Å². The summed E-state index contributed by atoms with van der Waals surface area (Å²) in [5, 5.41) is 0. The van der Waals surface area contributed by atoms with Crippen LogP contribution in [0, 0.1) is 5.82 Å². The van der Waals surface area contributed by atoms with E-state index >= 15 is 0 Å². The van der Waals surface area contributed by atoms with Crippen LogP contribution in [0.15, 0.2) is 48.7 Å². The van der Waals surface area contributed by atoms with Crippen molar-refractivity contribution in [3.63, 3.8) is 0 Å². The largest absolute Gasteiger partial charge is 0.253 e. The molecule has 0 bridgehead atoms. The molecule has 0 N–H and O–H groups in total. The van der Waals surface area contributed by atoms with Gasteiger partial charge in [0.25, 0.3) is 0 Å². The molecule has 0 atom stereocenters. The Balaban J connectivity index is 2.16. The average molecular weight is 266 g/mol. The monoisotopic (exact) mass is 266 g/mol. The van der Waals surface area contributed by atoms with Crippen molar-refractivity contribution in [3.8, 4) is 11.1 Å². The Bertz CT molecular complexity index is 766. The van der Waals surface area contributed by atoms with E-state index in [1.807, 2.05) is 24.3 Å². The molecule has 0 aliphatic carbocycles. The lowest BCUT2D eigenvalue weighted by Gasteiger charge is -2.07. The molecule has 3 aromatic rings. The van der Waals surface area contributed by atoms with Crippen LogP contribution in [0.1, 0.15) is 25.5 Å². The molecule has 100 valence electrons. The van der Waals surface area contributed by atoms with E-state index in [9.17, 15) is 4.39 Å². The summed E-state index contributed by atoms with van der Waals surface area (Å²) in [6, 6.07) is 12.4. The number of fused-ring (bicyclic) bond motifs is 1. The first kappa shape index (κ1) is 12.7. The average Bonchev–Trinajstić information content (AvgIpc) is 2.46. The molecule has 3 heteroatoms. The maximum Gasteiger partial charge on any atom is 0.131 e. The normalized spacial score (nSPS) is 11.2. The highest BCUT2D eigenvalue weighted by molar-refractivity contribution is 5.81. The highest BCUT2D eigenvalue weighted by Gasteiger charge is 2.08. The Labute approximate surface area is 117 Å². The molecule has 0 spiro atoms. The SMILES string of the molecule is CC(C)c1cnc2ccc(-c3ccccc3F)cc2n1. The summed E-state index contributed by atoms with van der Waals surface area (Å²) in [5.41, 5.74) is 3.99. The van der Waals surface area contributed by atoms with Gasteiger partial charge in [-0.3, -0.25) is 4.98 Å². The first-order valence-electron chi connectivity index (χ1n) is 6.67. The predicted molar refractivity (Wildman–Crippen MR) is 79.0 cm³/mol. The van der Waals surface area contributed by atoms with Gasteiger partial charge in [0.2, 0.25) is 0 Å². The molecular weight excluding hydrogens is 251 g/mol. The van der Waals surface area contributed by atoms with Crippen LogP contribution in [0.25, 0.3) is 22.2 Å². The molecule has 2 aromatic carbocycles. The van der Waals surface area contributed by atoms with Gasteiger partial charge in [0.15, 0.2) is 0 Å². The molecule has 2 nitrogen and oxygen atoms in total. The third-order valence-corrected chi connectivity index (χ3v) is 3.34. The summed E-state index contributed by atoms with van der Waals surface area (Å²) < 4.78 is 13.8. The van der Waals surface area contributed by atoms with Crippen molar-refractivity contribution in [3.05, 3.63) is 60.2 Å². The molecular formula is C17H15FN2. The van der Waals surface area contributed by atoms with Gasteiger partial charge in [-0.2, -0.15) is 0 Å². The lowest BCUT2D eigenvalue weighted by atomic mass is 10.0. The van der Waals surface area contributed by atoms with Gasteiger partial charge >= 0.3 is 0 Å². The van der Waals surface area contributed by atoms with Gasteiger partial charge in [-0.25, -0.2) is 9.37 Å². The molecule has 0 saturated heterocycles. The van der Waals surface area contributed by atoms with E-state index in [-0.39, 0.29) is 5.82 Å². The highest BCUT2D eigenvalue weighted by Crippen LogP contribution is 2.25. The van der Waals surface area contributed by atoms with Gasteiger partial charge in [-0.15, -0.1) is 0 Å². The number of nitrogens with zero attached hydrogens (tertiary/aromatic N) is 2. The Hall–Kier alpha value is -2.29. The van der Waals surface area contributed by atoms with E-state index in [1.165, 1.54) is 6.07 Å². The van der Waals surface area contributed by atoms with Crippen molar-refractivity contribution in [2.24, 2.45) is 0 Å². The highest BCUT2D eigenvalue weighted by atomic mass is 19.1.